The van der Waals surface area contributed by atoms with Crippen molar-refractivity contribution in [3.8, 4) is 0 Å². The van der Waals surface area contributed by atoms with Crippen LogP contribution in [0.1, 0.15) is 32.6 Å². The summed E-state index contributed by atoms with van der Waals surface area (Å²) in [6.07, 6.45) is 6.25. The molecule has 0 aromatic carbocycles. The molecule has 1 unspecified atom stereocenters. The van der Waals surface area contributed by atoms with E-state index in [4.69, 9.17) is 0 Å². The Morgan fingerprint density at radius 2 is 2.39 bits per heavy atom. The summed E-state index contributed by atoms with van der Waals surface area (Å²) in [5.41, 5.74) is 0. The number of nitrogens with zero attached hydrogens (tertiary/aromatic N) is 4. The Balaban J connectivity index is 1.89. The molecule has 6 heteroatoms. The first-order chi connectivity index (χ1) is 8.72. The summed E-state index contributed by atoms with van der Waals surface area (Å²) in [6, 6.07) is 0.436. The zero-order valence-electron chi connectivity index (χ0n) is 11.0. The van der Waals surface area contributed by atoms with Gasteiger partial charge in [0.1, 0.15) is 6.33 Å². The molecule has 18 heavy (non-hydrogen) atoms. The topological polar surface area (TPSA) is 51.0 Å². The van der Waals surface area contributed by atoms with Gasteiger partial charge in [0.25, 0.3) is 0 Å². The molecule has 0 spiro atoms. The van der Waals surface area contributed by atoms with Crippen molar-refractivity contribution in [1.82, 2.24) is 19.7 Å². The summed E-state index contributed by atoms with van der Waals surface area (Å²) >= 11 is 1.47. The molecule has 1 fully saturated rings. The van der Waals surface area contributed by atoms with E-state index in [-0.39, 0.29) is 5.91 Å². The zero-order valence-corrected chi connectivity index (χ0v) is 11.8. The van der Waals surface area contributed by atoms with Gasteiger partial charge in [-0.3, -0.25) is 4.79 Å². The fourth-order valence-corrected chi connectivity index (χ4v) is 3.14. The van der Waals surface area contributed by atoms with E-state index in [1.54, 1.807) is 6.33 Å². The third-order valence-electron chi connectivity index (χ3n) is 3.41. The van der Waals surface area contributed by atoms with E-state index in [1.165, 1.54) is 18.2 Å². The molecule has 0 bridgehead atoms. The van der Waals surface area contributed by atoms with E-state index in [2.05, 4.69) is 17.1 Å². The normalized spacial score (nSPS) is 20.1. The molecule has 1 saturated heterocycles. The highest BCUT2D eigenvalue weighted by molar-refractivity contribution is 7.99. The van der Waals surface area contributed by atoms with Crippen LogP contribution in [0, 0.1) is 0 Å². The van der Waals surface area contributed by atoms with Gasteiger partial charge in [-0.2, -0.15) is 0 Å². The maximum atomic E-state index is 12.2. The fraction of sp³-hybridized carbons (Fsp3) is 0.750. The molecule has 0 aliphatic carbocycles. The SMILES string of the molecule is CCC1CCCCN1C(=O)CSc1nncn1C. The van der Waals surface area contributed by atoms with E-state index < -0.39 is 0 Å². The second-order valence-corrected chi connectivity index (χ2v) is 5.60. The van der Waals surface area contributed by atoms with Crippen LogP contribution in [-0.4, -0.2) is 43.9 Å². The molecular weight excluding hydrogens is 248 g/mol. The van der Waals surface area contributed by atoms with Gasteiger partial charge in [-0.25, -0.2) is 0 Å². The van der Waals surface area contributed by atoms with Gasteiger partial charge in [-0.15, -0.1) is 10.2 Å². The van der Waals surface area contributed by atoms with Crippen LogP contribution >= 0.6 is 11.8 Å². The zero-order chi connectivity index (χ0) is 13.0. The van der Waals surface area contributed by atoms with Gasteiger partial charge in [0.05, 0.1) is 5.75 Å². The number of piperidine rings is 1. The molecule has 1 aliphatic rings. The van der Waals surface area contributed by atoms with Crippen molar-refractivity contribution in [2.75, 3.05) is 12.3 Å². The van der Waals surface area contributed by atoms with Crippen molar-refractivity contribution in [1.29, 1.82) is 0 Å². The minimum absolute atomic E-state index is 0.231. The molecule has 5 nitrogen and oxygen atoms in total. The predicted octanol–water partition coefficient (Wildman–Crippen LogP) is 1.70. The average Bonchev–Trinajstić information content (AvgIpc) is 2.81. The van der Waals surface area contributed by atoms with Gasteiger partial charge < -0.3 is 9.47 Å². The second kappa shape index (κ2) is 6.22. The first kappa shape index (κ1) is 13.4. The summed E-state index contributed by atoms with van der Waals surface area (Å²) in [4.78, 5) is 14.3. The van der Waals surface area contributed by atoms with Gasteiger partial charge in [0.2, 0.25) is 5.91 Å². The number of rotatable bonds is 4. The molecule has 1 atom stereocenters. The monoisotopic (exact) mass is 268 g/mol. The van der Waals surface area contributed by atoms with E-state index >= 15 is 0 Å². The molecule has 0 radical (unpaired) electrons. The van der Waals surface area contributed by atoms with E-state index in [0.717, 1.165) is 31.0 Å². The molecule has 100 valence electrons. The summed E-state index contributed by atoms with van der Waals surface area (Å²) < 4.78 is 1.84. The minimum Gasteiger partial charge on any atom is -0.339 e. The Labute approximate surface area is 112 Å². The second-order valence-electron chi connectivity index (χ2n) is 4.66. The van der Waals surface area contributed by atoms with Crippen LogP contribution in [0.2, 0.25) is 0 Å². The number of aromatic nitrogens is 3. The minimum atomic E-state index is 0.231. The van der Waals surface area contributed by atoms with Crippen molar-refractivity contribution in [2.45, 2.75) is 43.8 Å². The molecule has 1 aliphatic heterocycles. The highest BCUT2D eigenvalue weighted by atomic mass is 32.2. The lowest BCUT2D eigenvalue weighted by Gasteiger charge is -2.35. The lowest BCUT2D eigenvalue weighted by molar-refractivity contribution is -0.132. The Kier molecular flexibility index (Phi) is 4.63. The lowest BCUT2D eigenvalue weighted by Crippen LogP contribution is -2.44. The largest absolute Gasteiger partial charge is 0.339 e. The third-order valence-corrected chi connectivity index (χ3v) is 4.43. The van der Waals surface area contributed by atoms with Crippen LogP contribution in [0.5, 0.6) is 0 Å². The molecular formula is C12H20N4OS. The van der Waals surface area contributed by atoms with Crippen LogP contribution in [0.3, 0.4) is 0 Å². The van der Waals surface area contributed by atoms with Gasteiger partial charge >= 0.3 is 0 Å². The smallest absolute Gasteiger partial charge is 0.233 e. The van der Waals surface area contributed by atoms with Crippen molar-refractivity contribution in [3.05, 3.63) is 6.33 Å². The summed E-state index contributed by atoms with van der Waals surface area (Å²) in [7, 11) is 1.89. The molecule has 2 heterocycles. The third kappa shape index (κ3) is 3.04. The molecule has 2 rings (SSSR count). The highest BCUT2D eigenvalue weighted by Crippen LogP contribution is 2.22. The van der Waals surface area contributed by atoms with Crippen LogP contribution in [0.25, 0.3) is 0 Å². The highest BCUT2D eigenvalue weighted by Gasteiger charge is 2.25. The van der Waals surface area contributed by atoms with Gasteiger partial charge in [-0.1, -0.05) is 18.7 Å². The Hall–Kier alpha value is -1.04. The first-order valence-electron chi connectivity index (χ1n) is 6.48. The maximum absolute atomic E-state index is 12.2. The van der Waals surface area contributed by atoms with Crippen LogP contribution in [-0.2, 0) is 11.8 Å². The van der Waals surface area contributed by atoms with Crippen LogP contribution in [0.4, 0.5) is 0 Å². The van der Waals surface area contributed by atoms with E-state index in [1.807, 2.05) is 16.5 Å². The number of hydrogen-bond donors (Lipinski definition) is 0. The van der Waals surface area contributed by atoms with Gasteiger partial charge in [0, 0.05) is 19.6 Å². The Morgan fingerprint density at radius 1 is 1.56 bits per heavy atom. The first-order valence-corrected chi connectivity index (χ1v) is 7.47. The van der Waals surface area contributed by atoms with Crippen molar-refractivity contribution in [2.24, 2.45) is 7.05 Å². The molecule has 1 amide bonds. The van der Waals surface area contributed by atoms with Crippen LogP contribution in [0.15, 0.2) is 11.5 Å². The van der Waals surface area contributed by atoms with E-state index in [0.29, 0.717) is 11.8 Å². The molecule has 1 aromatic heterocycles. The molecule has 1 aromatic rings. The van der Waals surface area contributed by atoms with Crippen molar-refractivity contribution in [3.63, 3.8) is 0 Å². The van der Waals surface area contributed by atoms with Crippen molar-refractivity contribution >= 4 is 17.7 Å². The number of aryl methyl sites for hydroxylation is 1. The summed E-state index contributed by atoms with van der Waals surface area (Å²) in [5, 5.41) is 8.59. The Morgan fingerprint density at radius 3 is 3.06 bits per heavy atom. The quantitative estimate of drug-likeness (QED) is 0.780. The molecule has 0 saturated carbocycles. The lowest BCUT2D eigenvalue weighted by atomic mass is 10.0. The van der Waals surface area contributed by atoms with Gasteiger partial charge in [-0.05, 0) is 25.7 Å². The predicted molar refractivity (Wildman–Crippen MR) is 71.4 cm³/mol. The van der Waals surface area contributed by atoms with Gasteiger partial charge in [0.15, 0.2) is 5.16 Å². The maximum Gasteiger partial charge on any atom is 0.233 e. The number of amides is 1. The number of carbonyl (C=O) groups is 1. The number of carbonyl (C=O) groups excluding carboxylic acids is 1. The number of likely N-dealkylation sites (tertiary alicyclic amines) is 1. The van der Waals surface area contributed by atoms with E-state index in [9.17, 15) is 4.79 Å². The van der Waals surface area contributed by atoms with Crippen LogP contribution < -0.4 is 0 Å². The Bertz CT molecular complexity index is 407. The number of hydrogen-bond acceptors (Lipinski definition) is 4. The summed E-state index contributed by atoms with van der Waals surface area (Å²) in [6.45, 7) is 3.07. The fourth-order valence-electron chi connectivity index (χ4n) is 2.37. The summed E-state index contributed by atoms with van der Waals surface area (Å²) in [5.74, 6) is 0.692. The number of thioether (sulfide) groups is 1. The standard InChI is InChI=1S/C12H20N4OS/c1-3-10-6-4-5-7-16(10)11(17)8-18-12-14-13-9-15(12)2/h9-10H,3-8H2,1-2H3. The average molecular weight is 268 g/mol. The van der Waals surface area contributed by atoms with Crippen molar-refractivity contribution < 1.29 is 4.79 Å². The molecule has 0 N–H and O–H groups in total.